The lowest BCUT2D eigenvalue weighted by Gasteiger charge is -2.19. The third-order valence-electron chi connectivity index (χ3n) is 3.96. The van der Waals surface area contributed by atoms with Gasteiger partial charge in [0.1, 0.15) is 5.70 Å². The molecule has 0 bridgehead atoms. The van der Waals surface area contributed by atoms with Gasteiger partial charge in [0.2, 0.25) is 5.95 Å². The summed E-state index contributed by atoms with van der Waals surface area (Å²) in [4.78, 5) is 16.7. The van der Waals surface area contributed by atoms with Crippen molar-refractivity contribution in [3.05, 3.63) is 70.1 Å². The van der Waals surface area contributed by atoms with Crippen LogP contribution in [0.5, 0.6) is 0 Å². The number of thiophene rings is 1. The summed E-state index contributed by atoms with van der Waals surface area (Å²) < 4.78 is 1.79. The van der Waals surface area contributed by atoms with Crippen molar-refractivity contribution in [2.24, 2.45) is 0 Å². The van der Waals surface area contributed by atoms with E-state index in [0.29, 0.717) is 18.1 Å². The maximum atomic E-state index is 12.2. The van der Waals surface area contributed by atoms with E-state index in [4.69, 9.17) is 0 Å². The number of carbonyl (C=O) groups excluding carboxylic acids is 1. The summed E-state index contributed by atoms with van der Waals surface area (Å²) in [5.74, 6) is 6.46. The van der Waals surface area contributed by atoms with Crippen LogP contribution in [0.1, 0.15) is 17.5 Å². The lowest BCUT2D eigenvalue weighted by molar-refractivity contribution is -0.113. The molecule has 26 heavy (non-hydrogen) atoms. The van der Waals surface area contributed by atoms with E-state index in [1.807, 2.05) is 54.1 Å². The molecule has 0 radical (unpaired) electrons. The number of benzene rings is 1. The third-order valence-corrected chi connectivity index (χ3v) is 4.65. The Kier molecular flexibility index (Phi) is 4.30. The first-order valence-corrected chi connectivity index (χ1v) is 9.11. The summed E-state index contributed by atoms with van der Waals surface area (Å²) in [5, 5.41) is 6.84. The number of nitrogens with one attached hydrogen (secondary N) is 2. The molecule has 3 heterocycles. The standard InChI is InChI=1S/C20H16N4OS/c1-14-7-6-10-17-18(14)21-20-22-19(25)16(23-24(17)20)9-5-3-2-4-8-15-11-12-26-13-15/h3,5-7,9-13,23H,2H2,1H3,(H,21,22,25)/b5-3-,16-9+. The van der Waals surface area contributed by atoms with Gasteiger partial charge in [0, 0.05) is 17.4 Å². The molecule has 1 aliphatic heterocycles. The highest BCUT2D eigenvalue weighted by Crippen LogP contribution is 2.24. The summed E-state index contributed by atoms with van der Waals surface area (Å²) in [6.07, 6.45) is 6.12. The number of nitrogens with zero attached hydrogens (tertiary/aromatic N) is 2. The number of hydrogen-bond donors (Lipinski definition) is 2. The fourth-order valence-electron chi connectivity index (χ4n) is 2.67. The van der Waals surface area contributed by atoms with Crippen molar-refractivity contribution < 1.29 is 4.79 Å². The third kappa shape index (κ3) is 3.13. The van der Waals surface area contributed by atoms with Gasteiger partial charge in [-0.1, -0.05) is 36.1 Å². The number of fused-ring (bicyclic) bond motifs is 3. The second-order valence-electron chi connectivity index (χ2n) is 5.81. The molecular weight excluding hydrogens is 344 g/mol. The first-order valence-electron chi connectivity index (χ1n) is 8.17. The van der Waals surface area contributed by atoms with Crippen LogP contribution in [0.25, 0.3) is 11.0 Å². The average molecular weight is 360 g/mol. The van der Waals surface area contributed by atoms with Crippen LogP contribution in [-0.2, 0) is 4.79 Å². The highest BCUT2D eigenvalue weighted by atomic mass is 32.1. The predicted octanol–water partition coefficient (Wildman–Crippen LogP) is 3.78. The molecular formula is C20H16N4OS. The Balaban J connectivity index is 1.50. The predicted molar refractivity (Wildman–Crippen MR) is 105 cm³/mol. The van der Waals surface area contributed by atoms with E-state index >= 15 is 0 Å². The first kappa shape index (κ1) is 16.2. The summed E-state index contributed by atoms with van der Waals surface area (Å²) >= 11 is 1.63. The fourth-order valence-corrected chi connectivity index (χ4v) is 3.26. The van der Waals surface area contributed by atoms with Gasteiger partial charge in [-0.15, -0.1) is 0 Å². The zero-order valence-corrected chi connectivity index (χ0v) is 14.9. The Hall–Kier alpha value is -3.30. The van der Waals surface area contributed by atoms with Crippen molar-refractivity contribution >= 4 is 34.2 Å². The van der Waals surface area contributed by atoms with Crippen LogP contribution in [0.2, 0.25) is 0 Å². The van der Waals surface area contributed by atoms with Gasteiger partial charge in [0.15, 0.2) is 0 Å². The number of amides is 1. The number of para-hydroxylation sites is 1. The lowest BCUT2D eigenvalue weighted by Crippen LogP contribution is -2.33. The van der Waals surface area contributed by atoms with E-state index in [2.05, 4.69) is 27.6 Å². The molecule has 0 fully saturated rings. The summed E-state index contributed by atoms with van der Waals surface area (Å²) in [6, 6.07) is 7.94. The van der Waals surface area contributed by atoms with Gasteiger partial charge in [0.05, 0.1) is 11.0 Å². The minimum atomic E-state index is -0.209. The summed E-state index contributed by atoms with van der Waals surface area (Å²) in [5.41, 5.74) is 7.48. The van der Waals surface area contributed by atoms with Crippen molar-refractivity contribution in [3.63, 3.8) is 0 Å². The Bertz CT molecular complexity index is 1090. The zero-order chi connectivity index (χ0) is 17.9. The van der Waals surface area contributed by atoms with Gasteiger partial charge in [-0.05, 0) is 36.1 Å². The Morgan fingerprint density at radius 2 is 2.27 bits per heavy atom. The Morgan fingerprint density at radius 1 is 1.35 bits per heavy atom. The number of allylic oxidation sites excluding steroid dienone is 3. The normalized spacial score (nSPS) is 14.8. The lowest BCUT2D eigenvalue weighted by atomic mass is 10.2. The summed E-state index contributed by atoms with van der Waals surface area (Å²) in [6.45, 7) is 2.00. The molecule has 0 atom stereocenters. The quantitative estimate of drug-likeness (QED) is 0.540. The highest BCUT2D eigenvalue weighted by molar-refractivity contribution is 7.08. The maximum Gasteiger partial charge on any atom is 0.275 e. The van der Waals surface area contributed by atoms with E-state index in [9.17, 15) is 4.79 Å². The number of imidazole rings is 1. The zero-order valence-electron chi connectivity index (χ0n) is 14.1. The molecule has 1 amide bonds. The Morgan fingerprint density at radius 3 is 3.12 bits per heavy atom. The molecule has 3 aromatic rings. The van der Waals surface area contributed by atoms with Crippen LogP contribution in [0, 0.1) is 18.8 Å². The molecule has 0 saturated heterocycles. The molecule has 2 aromatic heterocycles. The van der Waals surface area contributed by atoms with Gasteiger partial charge < -0.3 is 0 Å². The Labute approximate surface area is 155 Å². The van der Waals surface area contributed by atoms with Gasteiger partial charge in [-0.25, -0.2) is 9.66 Å². The van der Waals surface area contributed by atoms with Crippen molar-refractivity contribution in [2.45, 2.75) is 13.3 Å². The van der Waals surface area contributed by atoms with E-state index in [-0.39, 0.29) is 5.91 Å². The molecule has 2 N–H and O–H groups in total. The highest BCUT2D eigenvalue weighted by Gasteiger charge is 2.22. The van der Waals surface area contributed by atoms with Crippen LogP contribution in [-0.4, -0.2) is 15.6 Å². The molecule has 1 aromatic carbocycles. The number of carbonyl (C=O) groups is 1. The van der Waals surface area contributed by atoms with Crippen molar-refractivity contribution in [3.8, 4) is 11.8 Å². The van der Waals surface area contributed by atoms with Gasteiger partial charge in [0.25, 0.3) is 5.91 Å². The molecule has 4 rings (SSSR count). The molecule has 128 valence electrons. The monoisotopic (exact) mass is 360 g/mol. The van der Waals surface area contributed by atoms with Gasteiger partial charge >= 0.3 is 0 Å². The van der Waals surface area contributed by atoms with Crippen LogP contribution in [0.4, 0.5) is 5.95 Å². The topological polar surface area (TPSA) is 59.0 Å². The first-order chi connectivity index (χ1) is 12.7. The minimum Gasteiger partial charge on any atom is -0.289 e. The molecule has 6 heteroatoms. The fraction of sp³-hybridized carbons (Fsp3) is 0.100. The second kappa shape index (κ2) is 6.90. The van der Waals surface area contributed by atoms with Crippen molar-refractivity contribution in [2.75, 3.05) is 10.7 Å². The van der Waals surface area contributed by atoms with Crippen LogP contribution in [0.3, 0.4) is 0 Å². The van der Waals surface area contributed by atoms with Gasteiger partial charge in [-0.2, -0.15) is 11.3 Å². The SMILES string of the molecule is Cc1cccc2c1nc1n2N/C(=C/C=C\CC#Cc2ccsc2)C(=O)N1. The molecule has 1 aliphatic rings. The number of aromatic nitrogens is 2. The largest absolute Gasteiger partial charge is 0.289 e. The molecule has 5 nitrogen and oxygen atoms in total. The average Bonchev–Trinajstić information content (AvgIpc) is 3.26. The molecule has 0 spiro atoms. The molecule has 0 unspecified atom stereocenters. The minimum absolute atomic E-state index is 0.209. The maximum absolute atomic E-state index is 12.2. The number of hydrogen-bond acceptors (Lipinski definition) is 4. The van der Waals surface area contributed by atoms with Crippen molar-refractivity contribution in [1.82, 2.24) is 9.66 Å². The van der Waals surface area contributed by atoms with Crippen molar-refractivity contribution in [1.29, 1.82) is 0 Å². The molecule has 0 saturated carbocycles. The number of anilines is 1. The van der Waals surface area contributed by atoms with Gasteiger partial charge in [-0.3, -0.25) is 15.5 Å². The van der Waals surface area contributed by atoms with Crippen LogP contribution in [0.15, 0.2) is 59.0 Å². The van der Waals surface area contributed by atoms with Crippen LogP contribution >= 0.6 is 11.3 Å². The van der Waals surface area contributed by atoms with E-state index < -0.39 is 0 Å². The van der Waals surface area contributed by atoms with Crippen LogP contribution < -0.4 is 10.7 Å². The number of aryl methyl sites for hydroxylation is 1. The van der Waals surface area contributed by atoms with E-state index in [1.165, 1.54) is 0 Å². The second-order valence-corrected chi connectivity index (χ2v) is 6.59. The smallest absolute Gasteiger partial charge is 0.275 e. The summed E-state index contributed by atoms with van der Waals surface area (Å²) in [7, 11) is 0. The van der Waals surface area contributed by atoms with E-state index in [1.54, 1.807) is 22.1 Å². The van der Waals surface area contributed by atoms with E-state index in [0.717, 1.165) is 22.2 Å². The molecule has 0 aliphatic carbocycles. The number of rotatable bonds is 2.